The highest BCUT2D eigenvalue weighted by molar-refractivity contribution is 5.98. The second-order valence-corrected chi connectivity index (χ2v) is 6.52. The molecule has 0 aromatic heterocycles. The molecular formula is C22H27NO3. The summed E-state index contributed by atoms with van der Waals surface area (Å²) < 4.78 is 5.16. The molecule has 2 aromatic carbocycles. The van der Waals surface area contributed by atoms with Crippen molar-refractivity contribution >= 4 is 11.7 Å². The summed E-state index contributed by atoms with van der Waals surface area (Å²) in [6.07, 6.45) is 1.19. The van der Waals surface area contributed by atoms with E-state index in [1.54, 1.807) is 7.11 Å². The van der Waals surface area contributed by atoms with Crippen LogP contribution in [0.5, 0.6) is 5.75 Å². The van der Waals surface area contributed by atoms with Crippen molar-refractivity contribution in [1.29, 1.82) is 0 Å². The van der Waals surface area contributed by atoms with Crippen LogP contribution in [-0.4, -0.2) is 18.8 Å². The smallest absolute Gasteiger partial charge is 0.220 e. The van der Waals surface area contributed by atoms with Gasteiger partial charge in [0.05, 0.1) is 13.2 Å². The summed E-state index contributed by atoms with van der Waals surface area (Å²) in [5.41, 5.74) is 3.95. The molecule has 0 aliphatic carbocycles. The van der Waals surface area contributed by atoms with E-state index in [2.05, 4.69) is 5.32 Å². The first-order valence-corrected chi connectivity index (χ1v) is 8.98. The molecular weight excluding hydrogens is 326 g/mol. The van der Waals surface area contributed by atoms with Crippen molar-refractivity contribution in [1.82, 2.24) is 5.32 Å². The van der Waals surface area contributed by atoms with Crippen LogP contribution in [0.4, 0.5) is 0 Å². The molecule has 4 heteroatoms. The number of ketones is 1. The predicted octanol–water partition coefficient (Wildman–Crippen LogP) is 4.54. The lowest BCUT2D eigenvalue weighted by atomic mass is 10.0. The van der Waals surface area contributed by atoms with Crippen LogP contribution in [0.25, 0.3) is 0 Å². The van der Waals surface area contributed by atoms with E-state index in [0.717, 1.165) is 28.9 Å². The van der Waals surface area contributed by atoms with E-state index < -0.39 is 0 Å². The van der Waals surface area contributed by atoms with Crippen LogP contribution in [-0.2, 0) is 4.79 Å². The summed E-state index contributed by atoms with van der Waals surface area (Å²) in [4.78, 5) is 24.6. The molecule has 1 atom stereocenters. The van der Waals surface area contributed by atoms with Crippen molar-refractivity contribution in [3.05, 3.63) is 64.7 Å². The molecule has 0 radical (unpaired) electrons. The molecule has 0 saturated carbocycles. The number of hydrogen-bond donors (Lipinski definition) is 1. The molecule has 0 bridgehead atoms. The van der Waals surface area contributed by atoms with Gasteiger partial charge in [-0.3, -0.25) is 9.59 Å². The Labute approximate surface area is 155 Å². The molecule has 0 aliphatic rings. The van der Waals surface area contributed by atoms with E-state index in [0.29, 0.717) is 5.56 Å². The number of nitrogens with one attached hydrogen (secondary N) is 1. The minimum absolute atomic E-state index is 0.000691. The monoisotopic (exact) mass is 353 g/mol. The molecule has 1 amide bonds. The Morgan fingerprint density at radius 1 is 1.00 bits per heavy atom. The van der Waals surface area contributed by atoms with Gasteiger partial charge in [0.1, 0.15) is 5.75 Å². The molecule has 1 N–H and O–H groups in total. The number of carbonyl (C=O) groups excluding carboxylic acids is 2. The average molecular weight is 353 g/mol. The summed E-state index contributed by atoms with van der Waals surface area (Å²) in [6, 6.07) is 13.3. The number of methoxy groups -OCH3 is 1. The van der Waals surface area contributed by atoms with E-state index in [4.69, 9.17) is 4.74 Å². The van der Waals surface area contributed by atoms with Crippen LogP contribution in [0.1, 0.15) is 59.3 Å². The summed E-state index contributed by atoms with van der Waals surface area (Å²) in [5, 5.41) is 3.02. The maximum absolute atomic E-state index is 12.3. The normalized spacial score (nSPS) is 11.7. The SMILES string of the molecule is CCC(NC(=O)CCC(=O)c1ccc(C)c(C)c1)c1ccc(OC)cc1. The third-order valence-electron chi connectivity index (χ3n) is 4.67. The zero-order chi connectivity index (χ0) is 19.1. The van der Waals surface area contributed by atoms with Crippen molar-refractivity contribution in [2.45, 2.75) is 46.1 Å². The van der Waals surface area contributed by atoms with Gasteiger partial charge in [-0.1, -0.05) is 31.2 Å². The van der Waals surface area contributed by atoms with E-state index in [-0.39, 0.29) is 30.6 Å². The van der Waals surface area contributed by atoms with Crippen LogP contribution < -0.4 is 10.1 Å². The second kappa shape index (κ2) is 9.18. The van der Waals surface area contributed by atoms with Crippen molar-refractivity contribution in [2.75, 3.05) is 7.11 Å². The quantitative estimate of drug-likeness (QED) is 0.709. The lowest BCUT2D eigenvalue weighted by Crippen LogP contribution is -2.28. The highest BCUT2D eigenvalue weighted by Crippen LogP contribution is 2.20. The van der Waals surface area contributed by atoms with E-state index >= 15 is 0 Å². The fourth-order valence-electron chi connectivity index (χ4n) is 2.81. The van der Waals surface area contributed by atoms with Crippen LogP contribution in [0.3, 0.4) is 0 Å². The molecule has 0 saturated heterocycles. The lowest BCUT2D eigenvalue weighted by Gasteiger charge is -2.18. The Morgan fingerprint density at radius 2 is 1.69 bits per heavy atom. The van der Waals surface area contributed by atoms with E-state index in [1.807, 2.05) is 63.2 Å². The zero-order valence-electron chi connectivity index (χ0n) is 16.0. The number of hydrogen-bond acceptors (Lipinski definition) is 3. The summed E-state index contributed by atoms with van der Waals surface area (Å²) >= 11 is 0. The van der Waals surface area contributed by atoms with Gasteiger partial charge in [-0.2, -0.15) is 0 Å². The molecule has 0 fully saturated rings. The number of amides is 1. The third kappa shape index (κ3) is 5.19. The van der Waals surface area contributed by atoms with Gasteiger partial charge in [-0.15, -0.1) is 0 Å². The number of Topliss-reactive ketones (excluding diaryl/α,β-unsaturated/α-hetero) is 1. The van der Waals surface area contributed by atoms with Gasteiger partial charge in [0.15, 0.2) is 5.78 Å². The Bertz CT molecular complexity index is 765. The van der Waals surface area contributed by atoms with Crippen LogP contribution in [0.15, 0.2) is 42.5 Å². The minimum Gasteiger partial charge on any atom is -0.497 e. The maximum atomic E-state index is 12.3. The van der Waals surface area contributed by atoms with Crippen molar-refractivity contribution < 1.29 is 14.3 Å². The molecule has 1 unspecified atom stereocenters. The lowest BCUT2D eigenvalue weighted by molar-refractivity contribution is -0.121. The first kappa shape index (κ1) is 19.7. The summed E-state index contributed by atoms with van der Waals surface area (Å²) in [7, 11) is 1.63. The van der Waals surface area contributed by atoms with Crippen LogP contribution in [0.2, 0.25) is 0 Å². The fourth-order valence-corrected chi connectivity index (χ4v) is 2.81. The molecule has 138 valence electrons. The summed E-state index contributed by atoms with van der Waals surface area (Å²) in [5.74, 6) is 0.680. The van der Waals surface area contributed by atoms with Crippen molar-refractivity contribution in [2.24, 2.45) is 0 Å². The van der Waals surface area contributed by atoms with Gasteiger partial charge < -0.3 is 10.1 Å². The highest BCUT2D eigenvalue weighted by Gasteiger charge is 2.15. The Balaban J connectivity index is 1.91. The topological polar surface area (TPSA) is 55.4 Å². The molecule has 0 spiro atoms. The molecule has 4 nitrogen and oxygen atoms in total. The van der Waals surface area contributed by atoms with Crippen molar-refractivity contribution in [3.8, 4) is 5.75 Å². The van der Waals surface area contributed by atoms with Crippen LogP contribution >= 0.6 is 0 Å². The molecule has 2 aromatic rings. The summed E-state index contributed by atoms with van der Waals surface area (Å²) in [6.45, 7) is 6.02. The first-order valence-electron chi connectivity index (χ1n) is 8.98. The largest absolute Gasteiger partial charge is 0.497 e. The van der Waals surface area contributed by atoms with Gasteiger partial charge in [0, 0.05) is 18.4 Å². The van der Waals surface area contributed by atoms with Gasteiger partial charge in [-0.25, -0.2) is 0 Å². The molecule has 2 rings (SSSR count). The number of carbonyl (C=O) groups is 2. The van der Waals surface area contributed by atoms with E-state index in [1.165, 1.54) is 0 Å². The Kier molecular flexibility index (Phi) is 6.96. The van der Waals surface area contributed by atoms with E-state index in [9.17, 15) is 9.59 Å². The standard InChI is InChI=1S/C22H27NO3/c1-5-20(17-8-10-19(26-4)11-9-17)23-22(25)13-12-21(24)18-7-6-15(2)16(3)14-18/h6-11,14,20H,5,12-13H2,1-4H3,(H,23,25). The molecule has 0 aliphatic heterocycles. The third-order valence-corrected chi connectivity index (χ3v) is 4.67. The molecule has 26 heavy (non-hydrogen) atoms. The Hall–Kier alpha value is -2.62. The highest BCUT2D eigenvalue weighted by atomic mass is 16.5. The van der Waals surface area contributed by atoms with Crippen molar-refractivity contribution in [3.63, 3.8) is 0 Å². The fraction of sp³-hybridized carbons (Fsp3) is 0.364. The Morgan fingerprint density at radius 3 is 2.27 bits per heavy atom. The number of aryl methyl sites for hydroxylation is 2. The van der Waals surface area contributed by atoms with Gasteiger partial charge >= 0.3 is 0 Å². The molecule has 0 heterocycles. The van der Waals surface area contributed by atoms with Gasteiger partial charge in [0.25, 0.3) is 0 Å². The van der Waals surface area contributed by atoms with Gasteiger partial charge in [0.2, 0.25) is 5.91 Å². The van der Waals surface area contributed by atoms with Gasteiger partial charge in [-0.05, 0) is 55.2 Å². The second-order valence-electron chi connectivity index (χ2n) is 6.52. The number of benzene rings is 2. The predicted molar refractivity (Wildman–Crippen MR) is 104 cm³/mol. The average Bonchev–Trinajstić information content (AvgIpc) is 2.66. The van der Waals surface area contributed by atoms with Crippen LogP contribution in [0, 0.1) is 13.8 Å². The number of rotatable bonds is 8. The maximum Gasteiger partial charge on any atom is 0.220 e. The first-order chi connectivity index (χ1) is 12.4. The minimum atomic E-state index is -0.107. The number of ether oxygens (including phenoxy) is 1. The zero-order valence-corrected chi connectivity index (χ0v) is 16.0.